The fraction of sp³-hybridized carbons (Fsp3) is 0.500. The quantitative estimate of drug-likeness (QED) is 0.761. The molecule has 0 amide bonds. The lowest BCUT2D eigenvalue weighted by Crippen LogP contribution is -2.31. The monoisotopic (exact) mass is 204 g/mol. The van der Waals surface area contributed by atoms with Crippen LogP contribution in [0, 0.1) is 5.92 Å². The average molecular weight is 204 g/mol. The zero-order chi connectivity index (χ0) is 10.5. The summed E-state index contributed by atoms with van der Waals surface area (Å²) >= 11 is 0. The Labute approximate surface area is 89.9 Å². The van der Waals surface area contributed by atoms with Gasteiger partial charge >= 0.3 is 0 Å². The van der Waals surface area contributed by atoms with E-state index in [-0.39, 0.29) is 5.78 Å². The smallest absolute Gasteiger partial charge is 0.163 e. The van der Waals surface area contributed by atoms with E-state index in [1.54, 1.807) is 24.5 Å². The molecule has 3 nitrogen and oxygen atoms in total. The average Bonchev–Trinajstić information content (AvgIpc) is 2.31. The maximum atomic E-state index is 11.9. The van der Waals surface area contributed by atoms with Crippen LogP contribution in [0.4, 0.5) is 0 Å². The van der Waals surface area contributed by atoms with E-state index in [1.165, 1.54) is 12.8 Å². The zero-order valence-electron chi connectivity index (χ0n) is 8.78. The molecule has 1 aromatic heterocycles. The highest BCUT2D eigenvalue weighted by Crippen LogP contribution is 2.16. The lowest BCUT2D eigenvalue weighted by Gasteiger charge is -2.21. The van der Waals surface area contributed by atoms with Gasteiger partial charge < -0.3 is 5.32 Å². The van der Waals surface area contributed by atoms with Crippen molar-refractivity contribution in [1.29, 1.82) is 0 Å². The number of aromatic nitrogens is 1. The van der Waals surface area contributed by atoms with Crippen LogP contribution in [-0.2, 0) is 0 Å². The first-order valence-electron chi connectivity index (χ1n) is 5.50. The second-order valence-electron chi connectivity index (χ2n) is 4.08. The van der Waals surface area contributed by atoms with Crippen LogP contribution in [0.1, 0.15) is 29.6 Å². The molecule has 1 fully saturated rings. The molecule has 80 valence electrons. The lowest BCUT2D eigenvalue weighted by molar-refractivity contribution is 0.0953. The van der Waals surface area contributed by atoms with Gasteiger partial charge in [0.25, 0.3) is 0 Å². The fourth-order valence-corrected chi connectivity index (χ4v) is 2.02. The van der Waals surface area contributed by atoms with Crippen molar-refractivity contribution in [1.82, 2.24) is 10.3 Å². The van der Waals surface area contributed by atoms with Gasteiger partial charge in [-0.25, -0.2) is 0 Å². The first-order valence-corrected chi connectivity index (χ1v) is 5.50. The Kier molecular flexibility index (Phi) is 3.45. The SMILES string of the molecule is O=C(CC1CCCNC1)c1ccncc1. The number of carbonyl (C=O) groups is 1. The number of piperidine rings is 1. The summed E-state index contributed by atoms with van der Waals surface area (Å²) in [7, 11) is 0. The van der Waals surface area contributed by atoms with Crippen LogP contribution in [0.3, 0.4) is 0 Å². The molecule has 0 spiro atoms. The maximum absolute atomic E-state index is 11.9. The van der Waals surface area contributed by atoms with Gasteiger partial charge in [-0.3, -0.25) is 9.78 Å². The number of hydrogen-bond acceptors (Lipinski definition) is 3. The van der Waals surface area contributed by atoms with Crippen LogP contribution >= 0.6 is 0 Å². The molecule has 0 aromatic carbocycles. The number of hydrogen-bond donors (Lipinski definition) is 1. The van der Waals surface area contributed by atoms with Gasteiger partial charge in [0.15, 0.2) is 5.78 Å². The number of carbonyl (C=O) groups excluding carboxylic acids is 1. The maximum Gasteiger partial charge on any atom is 0.163 e. The second-order valence-corrected chi connectivity index (χ2v) is 4.08. The van der Waals surface area contributed by atoms with Gasteiger partial charge in [0.2, 0.25) is 0 Å². The Bertz CT molecular complexity index is 318. The van der Waals surface area contributed by atoms with Crippen LogP contribution in [0.2, 0.25) is 0 Å². The van der Waals surface area contributed by atoms with E-state index in [1.807, 2.05) is 0 Å². The highest BCUT2D eigenvalue weighted by atomic mass is 16.1. The van der Waals surface area contributed by atoms with Crippen LogP contribution in [0.5, 0.6) is 0 Å². The minimum Gasteiger partial charge on any atom is -0.316 e. The molecule has 1 N–H and O–H groups in total. The van der Waals surface area contributed by atoms with Gasteiger partial charge in [-0.1, -0.05) is 0 Å². The summed E-state index contributed by atoms with van der Waals surface area (Å²) in [6.45, 7) is 2.08. The Balaban J connectivity index is 1.91. The van der Waals surface area contributed by atoms with E-state index in [4.69, 9.17) is 0 Å². The number of ketones is 1. The molecular weight excluding hydrogens is 188 g/mol. The van der Waals surface area contributed by atoms with Gasteiger partial charge in [0.1, 0.15) is 0 Å². The standard InChI is InChI=1S/C12H16N2O/c15-12(11-3-6-13-7-4-11)8-10-2-1-5-14-9-10/h3-4,6-7,10,14H,1-2,5,8-9H2. The van der Waals surface area contributed by atoms with Crippen LogP contribution in [-0.4, -0.2) is 23.9 Å². The van der Waals surface area contributed by atoms with E-state index in [0.29, 0.717) is 12.3 Å². The molecule has 1 saturated heterocycles. The van der Waals surface area contributed by atoms with E-state index in [0.717, 1.165) is 18.7 Å². The van der Waals surface area contributed by atoms with Crippen molar-refractivity contribution < 1.29 is 4.79 Å². The van der Waals surface area contributed by atoms with Crippen molar-refractivity contribution in [3.63, 3.8) is 0 Å². The molecule has 0 bridgehead atoms. The number of nitrogens with zero attached hydrogens (tertiary/aromatic N) is 1. The van der Waals surface area contributed by atoms with Crippen molar-refractivity contribution in [3.8, 4) is 0 Å². The fourth-order valence-electron chi connectivity index (χ4n) is 2.02. The van der Waals surface area contributed by atoms with Crippen molar-refractivity contribution in [2.75, 3.05) is 13.1 Å². The molecule has 0 aliphatic carbocycles. The van der Waals surface area contributed by atoms with Crippen LogP contribution in [0.25, 0.3) is 0 Å². The zero-order valence-corrected chi connectivity index (χ0v) is 8.78. The molecule has 0 radical (unpaired) electrons. The van der Waals surface area contributed by atoms with Gasteiger partial charge in [-0.2, -0.15) is 0 Å². The van der Waals surface area contributed by atoms with Crippen molar-refractivity contribution in [2.45, 2.75) is 19.3 Å². The van der Waals surface area contributed by atoms with Gasteiger partial charge in [0, 0.05) is 24.4 Å². The Morgan fingerprint density at radius 2 is 2.27 bits per heavy atom. The number of rotatable bonds is 3. The third-order valence-corrected chi connectivity index (χ3v) is 2.88. The summed E-state index contributed by atoms with van der Waals surface area (Å²) in [6.07, 6.45) is 6.37. The molecule has 1 aromatic rings. The molecule has 0 saturated carbocycles. The molecule has 1 aliphatic rings. The largest absolute Gasteiger partial charge is 0.316 e. The summed E-state index contributed by atoms with van der Waals surface area (Å²) in [4.78, 5) is 15.8. The summed E-state index contributed by atoms with van der Waals surface area (Å²) in [6, 6.07) is 3.58. The predicted octanol–water partition coefficient (Wildman–Crippen LogP) is 1.65. The second kappa shape index (κ2) is 5.03. The minimum atomic E-state index is 0.242. The van der Waals surface area contributed by atoms with Crippen molar-refractivity contribution in [2.24, 2.45) is 5.92 Å². The highest BCUT2D eigenvalue weighted by molar-refractivity contribution is 5.96. The van der Waals surface area contributed by atoms with Crippen LogP contribution in [0.15, 0.2) is 24.5 Å². The molecule has 3 heteroatoms. The normalized spacial score (nSPS) is 21.2. The van der Waals surface area contributed by atoms with E-state index < -0.39 is 0 Å². The van der Waals surface area contributed by atoms with Crippen LogP contribution < -0.4 is 5.32 Å². The summed E-state index contributed by atoms with van der Waals surface area (Å²) in [5.41, 5.74) is 0.788. The molecule has 2 heterocycles. The Morgan fingerprint density at radius 1 is 1.47 bits per heavy atom. The number of nitrogens with one attached hydrogen (secondary N) is 1. The third-order valence-electron chi connectivity index (χ3n) is 2.88. The number of pyridine rings is 1. The summed E-state index contributed by atoms with van der Waals surface area (Å²) in [5.74, 6) is 0.755. The van der Waals surface area contributed by atoms with Gasteiger partial charge in [-0.15, -0.1) is 0 Å². The first-order chi connectivity index (χ1) is 7.36. The molecule has 15 heavy (non-hydrogen) atoms. The molecular formula is C12H16N2O. The van der Waals surface area contributed by atoms with Crippen molar-refractivity contribution >= 4 is 5.78 Å². The Morgan fingerprint density at radius 3 is 2.93 bits per heavy atom. The Hall–Kier alpha value is -1.22. The molecule has 1 aliphatic heterocycles. The van der Waals surface area contributed by atoms with E-state index in [2.05, 4.69) is 10.3 Å². The molecule has 1 atom stereocenters. The van der Waals surface area contributed by atoms with Gasteiger partial charge in [0.05, 0.1) is 0 Å². The number of Topliss-reactive ketones (excluding diaryl/α,β-unsaturated/α-hetero) is 1. The third kappa shape index (κ3) is 2.86. The van der Waals surface area contributed by atoms with Crippen molar-refractivity contribution in [3.05, 3.63) is 30.1 Å². The first kappa shape index (κ1) is 10.3. The molecule has 1 unspecified atom stereocenters. The van der Waals surface area contributed by atoms with E-state index in [9.17, 15) is 4.79 Å². The highest BCUT2D eigenvalue weighted by Gasteiger charge is 2.17. The summed E-state index contributed by atoms with van der Waals surface area (Å²) < 4.78 is 0. The molecule has 2 rings (SSSR count). The topological polar surface area (TPSA) is 42.0 Å². The van der Waals surface area contributed by atoms with Gasteiger partial charge in [-0.05, 0) is 44.0 Å². The summed E-state index contributed by atoms with van der Waals surface area (Å²) in [5, 5.41) is 3.33. The van der Waals surface area contributed by atoms with E-state index >= 15 is 0 Å². The minimum absolute atomic E-state index is 0.242. The predicted molar refractivity (Wildman–Crippen MR) is 58.8 cm³/mol. The lowest BCUT2D eigenvalue weighted by atomic mass is 9.92.